The maximum atomic E-state index is 11.2. The maximum Gasteiger partial charge on any atom is 0.334 e. The van der Waals surface area contributed by atoms with Crippen LogP contribution in [0.3, 0.4) is 0 Å². The first-order valence-electron chi connectivity index (χ1n) is 4.28. The minimum absolute atomic E-state index is 0. The molecular formula is C9H16BrNO2. The van der Waals surface area contributed by atoms with E-state index in [9.17, 15) is 4.79 Å². The standard InChI is InChI=1S/C9H15NO2.BrH/c1-3-12-9(11)8-5-4-6-10(2)7-8;/h5H,3-4,6-7H2,1-2H3;1H. The van der Waals surface area contributed by atoms with E-state index in [4.69, 9.17) is 4.74 Å². The van der Waals surface area contributed by atoms with Crippen molar-refractivity contribution in [3.05, 3.63) is 11.6 Å². The minimum Gasteiger partial charge on any atom is -0.463 e. The number of esters is 1. The molecule has 0 unspecified atom stereocenters. The van der Waals surface area contributed by atoms with E-state index in [2.05, 4.69) is 4.90 Å². The quantitative estimate of drug-likeness (QED) is 0.693. The highest BCUT2D eigenvalue weighted by atomic mass is 79.9. The number of rotatable bonds is 2. The second-order valence-electron chi connectivity index (χ2n) is 2.98. The zero-order chi connectivity index (χ0) is 8.97. The minimum atomic E-state index is -0.163. The van der Waals surface area contributed by atoms with Gasteiger partial charge in [-0.1, -0.05) is 6.08 Å². The molecule has 0 saturated carbocycles. The Morgan fingerprint density at radius 1 is 1.69 bits per heavy atom. The zero-order valence-corrected chi connectivity index (χ0v) is 9.79. The van der Waals surface area contributed by atoms with Crippen molar-refractivity contribution in [1.29, 1.82) is 0 Å². The number of likely N-dealkylation sites (N-methyl/N-ethyl adjacent to an activating group) is 1. The first-order chi connectivity index (χ1) is 5.74. The summed E-state index contributed by atoms with van der Waals surface area (Å²) in [5, 5.41) is 0. The second kappa shape index (κ2) is 6.16. The first kappa shape index (κ1) is 12.7. The summed E-state index contributed by atoms with van der Waals surface area (Å²) in [4.78, 5) is 13.3. The second-order valence-corrected chi connectivity index (χ2v) is 2.98. The van der Waals surface area contributed by atoms with Gasteiger partial charge in [-0.25, -0.2) is 4.79 Å². The van der Waals surface area contributed by atoms with E-state index in [1.807, 2.05) is 20.0 Å². The monoisotopic (exact) mass is 249 g/mol. The molecule has 0 atom stereocenters. The van der Waals surface area contributed by atoms with Crippen LogP contribution in [0.4, 0.5) is 0 Å². The smallest absolute Gasteiger partial charge is 0.334 e. The normalized spacial score (nSPS) is 17.2. The van der Waals surface area contributed by atoms with Gasteiger partial charge < -0.3 is 9.64 Å². The lowest BCUT2D eigenvalue weighted by molar-refractivity contribution is -0.138. The molecule has 0 aromatic heterocycles. The molecule has 0 N–H and O–H groups in total. The number of hydrogen-bond acceptors (Lipinski definition) is 3. The van der Waals surface area contributed by atoms with Gasteiger partial charge in [0.2, 0.25) is 0 Å². The third-order valence-electron chi connectivity index (χ3n) is 1.88. The van der Waals surface area contributed by atoms with Crippen molar-refractivity contribution in [2.24, 2.45) is 0 Å². The van der Waals surface area contributed by atoms with Gasteiger partial charge in [-0.15, -0.1) is 17.0 Å². The van der Waals surface area contributed by atoms with Crippen LogP contribution in [0.2, 0.25) is 0 Å². The van der Waals surface area contributed by atoms with Crippen molar-refractivity contribution < 1.29 is 9.53 Å². The Labute approximate surface area is 89.5 Å². The van der Waals surface area contributed by atoms with Crippen LogP contribution in [-0.2, 0) is 9.53 Å². The van der Waals surface area contributed by atoms with Crippen LogP contribution in [0.15, 0.2) is 11.6 Å². The molecule has 4 heteroatoms. The topological polar surface area (TPSA) is 29.5 Å². The van der Waals surface area contributed by atoms with E-state index in [1.54, 1.807) is 0 Å². The SMILES string of the molecule is Br.CCOC(=O)C1=CCCN(C)C1. The number of ether oxygens (including phenoxy) is 1. The van der Waals surface area contributed by atoms with Gasteiger partial charge in [0, 0.05) is 18.7 Å². The Bertz CT molecular complexity index is 204. The van der Waals surface area contributed by atoms with Gasteiger partial charge >= 0.3 is 5.97 Å². The zero-order valence-electron chi connectivity index (χ0n) is 8.08. The number of carbonyl (C=O) groups is 1. The molecule has 0 aromatic rings. The first-order valence-corrected chi connectivity index (χ1v) is 4.28. The fourth-order valence-electron chi connectivity index (χ4n) is 1.27. The maximum absolute atomic E-state index is 11.2. The molecular weight excluding hydrogens is 234 g/mol. The lowest BCUT2D eigenvalue weighted by Crippen LogP contribution is -2.29. The Kier molecular flexibility index (Phi) is 5.99. The summed E-state index contributed by atoms with van der Waals surface area (Å²) in [5.41, 5.74) is 0.797. The number of halogens is 1. The van der Waals surface area contributed by atoms with Crippen molar-refractivity contribution in [3.63, 3.8) is 0 Å². The fraction of sp³-hybridized carbons (Fsp3) is 0.667. The van der Waals surface area contributed by atoms with Crippen LogP contribution < -0.4 is 0 Å². The van der Waals surface area contributed by atoms with E-state index < -0.39 is 0 Å². The highest BCUT2D eigenvalue weighted by Crippen LogP contribution is 2.08. The van der Waals surface area contributed by atoms with Crippen molar-refractivity contribution in [2.45, 2.75) is 13.3 Å². The molecule has 0 aliphatic carbocycles. The molecule has 1 heterocycles. The van der Waals surface area contributed by atoms with Crippen LogP contribution in [-0.4, -0.2) is 37.6 Å². The van der Waals surface area contributed by atoms with Crippen LogP contribution in [0.25, 0.3) is 0 Å². The molecule has 0 fully saturated rings. The van der Waals surface area contributed by atoms with Crippen LogP contribution in [0.5, 0.6) is 0 Å². The third-order valence-corrected chi connectivity index (χ3v) is 1.88. The lowest BCUT2D eigenvalue weighted by Gasteiger charge is -2.21. The van der Waals surface area contributed by atoms with Crippen LogP contribution in [0, 0.1) is 0 Å². The highest BCUT2D eigenvalue weighted by molar-refractivity contribution is 8.93. The number of nitrogens with zero attached hydrogens (tertiary/aromatic N) is 1. The molecule has 0 amide bonds. The largest absolute Gasteiger partial charge is 0.463 e. The van der Waals surface area contributed by atoms with Gasteiger partial charge in [0.15, 0.2) is 0 Å². The molecule has 0 spiro atoms. The predicted octanol–water partition coefficient (Wildman–Crippen LogP) is 1.39. The molecule has 1 rings (SSSR count). The summed E-state index contributed by atoms with van der Waals surface area (Å²) in [6, 6.07) is 0. The molecule has 0 saturated heterocycles. The fourth-order valence-corrected chi connectivity index (χ4v) is 1.27. The molecule has 0 radical (unpaired) electrons. The third kappa shape index (κ3) is 3.91. The summed E-state index contributed by atoms with van der Waals surface area (Å²) in [6.45, 7) is 4.03. The molecule has 1 aliphatic heterocycles. The Morgan fingerprint density at radius 3 is 2.92 bits per heavy atom. The van der Waals surface area contributed by atoms with Gasteiger partial charge in [-0.2, -0.15) is 0 Å². The highest BCUT2D eigenvalue weighted by Gasteiger charge is 2.15. The lowest BCUT2D eigenvalue weighted by atomic mass is 10.1. The molecule has 0 aromatic carbocycles. The average molecular weight is 250 g/mol. The Morgan fingerprint density at radius 2 is 2.38 bits per heavy atom. The summed E-state index contributed by atoms with van der Waals surface area (Å²) in [7, 11) is 2.01. The molecule has 0 bridgehead atoms. The van der Waals surface area contributed by atoms with E-state index in [0.717, 1.165) is 25.1 Å². The summed E-state index contributed by atoms with van der Waals surface area (Å²) in [6.07, 6.45) is 2.92. The molecule has 1 aliphatic rings. The van der Waals surface area contributed by atoms with E-state index in [0.29, 0.717) is 6.61 Å². The van der Waals surface area contributed by atoms with Crippen LogP contribution >= 0.6 is 17.0 Å². The van der Waals surface area contributed by atoms with Crippen LogP contribution in [0.1, 0.15) is 13.3 Å². The van der Waals surface area contributed by atoms with Crippen molar-refractivity contribution in [1.82, 2.24) is 4.90 Å². The number of carbonyl (C=O) groups excluding carboxylic acids is 1. The van der Waals surface area contributed by atoms with Gasteiger partial charge in [-0.3, -0.25) is 0 Å². The summed E-state index contributed by atoms with van der Waals surface area (Å²) < 4.78 is 4.90. The van der Waals surface area contributed by atoms with E-state index in [1.165, 1.54) is 0 Å². The molecule has 76 valence electrons. The molecule has 3 nitrogen and oxygen atoms in total. The average Bonchev–Trinajstić information content (AvgIpc) is 2.05. The van der Waals surface area contributed by atoms with E-state index in [-0.39, 0.29) is 23.0 Å². The summed E-state index contributed by atoms with van der Waals surface area (Å²) >= 11 is 0. The predicted molar refractivity (Wildman–Crippen MR) is 57.2 cm³/mol. The van der Waals surface area contributed by atoms with Gasteiger partial charge in [0.1, 0.15) is 0 Å². The Balaban J connectivity index is 0.00000144. The molecule has 13 heavy (non-hydrogen) atoms. The van der Waals surface area contributed by atoms with Crippen molar-refractivity contribution in [3.8, 4) is 0 Å². The van der Waals surface area contributed by atoms with E-state index >= 15 is 0 Å². The van der Waals surface area contributed by atoms with Gasteiger partial charge in [-0.05, 0) is 20.4 Å². The number of hydrogen-bond donors (Lipinski definition) is 0. The van der Waals surface area contributed by atoms with Crippen molar-refractivity contribution >= 4 is 23.0 Å². The van der Waals surface area contributed by atoms with Gasteiger partial charge in [0.25, 0.3) is 0 Å². The van der Waals surface area contributed by atoms with Gasteiger partial charge in [0.05, 0.1) is 6.61 Å². The summed E-state index contributed by atoms with van der Waals surface area (Å²) in [5.74, 6) is -0.163. The Hall–Kier alpha value is -0.350. The van der Waals surface area contributed by atoms with Crippen molar-refractivity contribution in [2.75, 3.05) is 26.7 Å².